The van der Waals surface area contributed by atoms with Crippen LogP contribution in [0.25, 0.3) is 10.4 Å². The molecule has 0 saturated carbocycles. The molecule has 0 aliphatic heterocycles. The fourth-order valence-corrected chi connectivity index (χ4v) is 3.20. The molecule has 0 bridgehead atoms. The van der Waals surface area contributed by atoms with Crippen molar-refractivity contribution >= 4 is 22.9 Å². The van der Waals surface area contributed by atoms with Crippen molar-refractivity contribution in [1.29, 1.82) is 0 Å². The van der Waals surface area contributed by atoms with Crippen molar-refractivity contribution in [1.82, 2.24) is 5.32 Å². The Morgan fingerprint density at radius 2 is 2.17 bits per heavy atom. The third-order valence-electron chi connectivity index (χ3n) is 2.85. The Hall–Kier alpha value is -0.900. The van der Waals surface area contributed by atoms with Crippen LogP contribution in [-0.4, -0.2) is 6.54 Å². The number of hydrogen-bond donors (Lipinski definition) is 1. The van der Waals surface area contributed by atoms with Gasteiger partial charge in [0, 0.05) is 11.6 Å². The van der Waals surface area contributed by atoms with Gasteiger partial charge in [-0.2, -0.15) is 0 Å². The third-order valence-corrected chi connectivity index (χ3v) is 4.23. The van der Waals surface area contributed by atoms with Gasteiger partial charge in [-0.3, -0.25) is 0 Å². The van der Waals surface area contributed by atoms with Gasteiger partial charge in [0.2, 0.25) is 0 Å². The minimum Gasteiger partial charge on any atom is -0.310 e. The van der Waals surface area contributed by atoms with Crippen LogP contribution in [0.3, 0.4) is 0 Å². The van der Waals surface area contributed by atoms with Crippen molar-refractivity contribution < 1.29 is 4.39 Å². The lowest BCUT2D eigenvalue weighted by molar-refractivity contribution is 0.593. The van der Waals surface area contributed by atoms with Crippen LogP contribution in [-0.2, 0) is 0 Å². The van der Waals surface area contributed by atoms with Gasteiger partial charge in [0.05, 0.1) is 9.90 Å². The summed E-state index contributed by atoms with van der Waals surface area (Å²) in [5.74, 6) is -0.234. The highest BCUT2D eigenvalue weighted by Gasteiger charge is 2.15. The first-order valence-corrected chi connectivity index (χ1v) is 7.15. The summed E-state index contributed by atoms with van der Waals surface area (Å²) in [4.78, 5) is 0.927. The molecular formula is C14H15ClFNS. The molecule has 0 aliphatic rings. The van der Waals surface area contributed by atoms with Crippen LogP contribution in [0.15, 0.2) is 29.6 Å². The average Bonchev–Trinajstić information content (AvgIpc) is 2.75. The molecule has 2 aromatic rings. The fraction of sp³-hybridized carbons (Fsp3) is 0.286. The Morgan fingerprint density at radius 1 is 1.39 bits per heavy atom. The molecular weight excluding hydrogens is 269 g/mol. The van der Waals surface area contributed by atoms with Crippen molar-refractivity contribution in [2.45, 2.75) is 19.9 Å². The second kappa shape index (κ2) is 5.83. The maximum Gasteiger partial charge on any atom is 0.123 e. The van der Waals surface area contributed by atoms with Gasteiger partial charge in [0.15, 0.2) is 0 Å². The van der Waals surface area contributed by atoms with Crippen LogP contribution in [0.1, 0.15) is 25.5 Å². The SMILES string of the molecule is CCNC(C)c1ccc(F)cc1-c1sccc1Cl. The predicted octanol–water partition coefficient (Wildman–Crippen LogP) is 4.88. The number of rotatable bonds is 4. The first kappa shape index (κ1) is 13.5. The van der Waals surface area contributed by atoms with Crippen LogP contribution in [0.5, 0.6) is 0 Å². The number of halogens is 2. The number of nitrogens with one attached hydrogen (secondary N) is 1. The Labute approximate surface area is 116 Å². The molecule has 0 amide bonds. The molecule has 18 heavy (non-hydrogen) atoms. The molecule has 1 aromatic carbocycles. The highest BCUT2D eigenvalue weighted by molar-refractivity contribution is 7.14. The van der Waals surface area contributed by atoms with Crippen molar-refractivity contribution in [3.8, 4) is 10.4 Å². The molecule has 0 fully saturated rings. The van der Waals surface area contributed by atoms with Gasteiger partial charge in [-0.15, -0.1) is 11.3 Å². The predicted molar refractivity (Wildman–Crippen MR) is 76.8 cm³/mol. The smallest absolute Gasteiger partial charge is 0.123 e. The highest BCUT2D eigenvalue weighted by atomic mass is 35.5. The van der Waals surface area contributed by atoms with Crippen LogP contribution in [0, 0.1) is 5.82 Å². The van der Waals surface area contributed by atoms with E-state index in [0.29, 0.717) is 5.02 Å². The second-order valence-corrected chi connectivity index (χ2v) is 5.43. The lowest BCUT2D eigenvalue weighted by atomic mass is 10.00. The molecule has 2 rings (SSSR count). The summed E-state index contributed by atoms with van der Waals surface area (Å²) in [6.07, 6.45) is 0. The Morgan fingerprint density at radius 3 is 2.78 bits per heavy atom. The summed E-state index contributed by atoms with van der Waals surface area (Å²) in [6.45, 7) is 5.00. The summed E-state index contributed by atoms with van der Waals surface area (Å²) < 4.78 is 13.5. The van der Waals surface area contributed by atoms with E-state index in [0.717, 1.165) is 22.5 Å². The van der Waals surface area contributed by atoms with Gasteiger partial charge in [-0.25, -0.2) is 4.39 Å². The molecule has 0 spiro atoms. The van der Waals surface area contributed by atoms with E-state index in [4.69, 9.17) is 11.6 Å². The topological polar surface area (TPSA) is 12.0 Å². The average molecular weight is 284 g/mol. The summed E-state index contributed by atoms with van der Waals surface area (Å²) >= 11 is 7.68. The van der Waals surface area contributed by atoms with Crippen LogP contribution >= 0.6 is 22.9 Å². The Kier molecular flexibility index (Phi) is 4.38. The Balaban J connectivity index is 2.51. The van der Waals surface area contributed by atoms with E-state index in [1.54, 1.807) is 6.07 Å². The van der Waals surface area contributed by atoms with Gasteiger partial charge in [0.25, 0.3) is 0 Å². The molecule has 96 valence electrons. The molecule has 1 heterocycles. The monoisotopic (exact) mass is 283 g/mol. The fourth-order valence-electron chi connectivity index (χ4n) is 2.00. The zero-order valence-corrected chi connectivity index (χ0v) is 11.9. The maximum atomic E-state index is 13.5. The largest absolute Gasteiger partial charge is 0.310 e. The molecule has 1 unspecified atom stereocenters. The van der Waals surface area contributed by atoms with E-state index >= 15 is 0 Å². The van der Waals surface area contributed by atoms with Crippen molar-refractivity contribution in [2.24, 2.45) is 0 Å². The van der Waals surface area contributed by atoms with Crippen molar-refractivity contribution in [3.63, 3.8) is 0 Å². The van der Waals surface area contributed by atoms with E-state index in [1.807, 2.05) is 17.5 Å². The van der Waals surface area contributed by atoms with Crippen LogP contribution in [0.4, 0.5) is 4.39 Å². The lowest BCUT2D eigenvalue weighted by Gasteiger charge is -2.17. The number of benzene rings is 1. The first-order chi connectivity index (χ1) is 8.63. The van der Waals surface area contributed by atoms with Gasteiger partial charge in [-0.1, -0.05) is 24.6 Å². The van der Waals surface area contributed by atoms with E-state index in [9.17, 15) is 4.39 Å². The standard InChI is InChI=1S/C14H15ClFNS/c1-3-17-9(2)11-5-4-10(16)8-12(11)14-13(15)6-7-18-14/h4-9,17H,3H2,1-2H3. The second-order valence-electron chi connectivity index (χ2n) is 4.11. The molecule has 1 nitrogen and oxygen atoms in total. The van der Waals surface area contributed by atoms with E-state index in [2.05, 4.69) is 19.2 Å². The first-order valence-electron chi connectivity index (χ1n) is 5.89. The van der Waals surface area contributed by atoms with Gasteiger partial charge >= 0.3 is 0 Å². The number of thiophene rings is 1. The normalized spacial score (nSPS) is 12.7. The van der Waals surface area contributed by atoms with Gasteiger partial charge in [-0.05, 0) is 42.6 Å². The quantitative estimate of drug-likeness (QED) is 0.843. The van der Waals surface area contributed by atoms with Crippen LogP contribution in [0.2, 0.25) is 5.02 Å². The van der Waals surface area contributed by atoms with E-state index in [-0.39, 0.29) is 11.9 Å². The molecule has 0 saturated heterocycles. The summed E-state index contributed by atoms with van der Waals surface area (Å²) in [7, 11) is 0. The van der Waals surface area contributed by atoms with Crippen LogP contribution < -0.4 is 5.32 Å². The zero-order chi connectivity index (χ0) is 13.1. The van der Waals surface area contributed by atoms with Crippen molar-refractivity contribution in [2.75, 3.05) is 6.54 Å². The Bertz CT molecular complexity index is 538. The van der Waals surface area contributed by atoms with E-state index < -0.39 is 0 Å². The molecule has 1 aromatic heterocycles. The highest BCUT2D eigenvalue weighted by Crippen LogP contribution is 2.37. The summed E-state index contributed by atoms with van der Waals surface area (Å²) in [5.41, 5.74) is 1.95. The third kappa shape index (κ3) is 2.74. The zero-order valence-electron chi connectivity index (χ0n) is 10.3. The molecule has 0 radical (unpaired) electrons. The molecule has 1 N–H and O–H groups in total. The lowest BCUT2D eigenvalue weighted by Crippen LogP contribution is -2.18. The summed E-state index contributed by atoms with van der Waals surface area (Å²) in [6, 6.07) is 6.89. The molecule has 4 heteroatoms. The summed E-state index contributed by atoms with van der Waals surface area (Å²) in [5, 5.41) is 5.94. The van der Waals surface area contributed by atoms with Gasteiger partial charge in [0.1, 0.15) is 5.82 Å². The minimum atomic E-state index is -0.234. The maximum absolute atomic E-state index is 13.5. The van der Waals surface area contributed by atoms with Crippen molar-refractivity contribution in [3.05, 3.63) is 46.0 Å². The molecule has 0 aliphatic carbocycles. The molecule has 1 atom stereocenters. The number of hydrogen-bond acceptors (Lipinski definition) is 2. The van der Waals surface area contributed by atoms with E-state index in [1.165, 1.54) is 17.4 Å². The van der Waals surface area contributed by atoms with Gasteiger partial charge < -0.3 is 5.32 Å². The minimum absolute atomic E-state index is 0.170.